The summed E-state index contributed by atoms with van der Waals surface area (Å²) in [6.07, 6.45) is 3.65. The van der Waals surface area contributed by atoms with Crippen molar-refractivity contribution >= 4 is 17.5 Å². The molecule has 1 aliphatic heterocycles. The van der Waals surface area contributed by atoms with Crippen LogP contribution in [-0.2, 0) is 22.4 Å². The van der Waals surface area contributed by atoms with Gasteiger partial charge in [0.05, 0.1) is 0 Å². The van der Waals surface area contributed by atoms with Gasteiger partial charge in [0, 0.05) is 18.8 Å². The van der Waals surface area contributed by atoms with Crippen LogP contribution < -0.4 is 5.32 Å². The Hall–Kier alpha value is -1.84. The van der Waals surface area contributed by atoms with E-state index in [1.54, 1.807) is 4.90 Å². The van der Waals surface area contributed by atoms with Crippen LogP contribution in [0.2, 0.25) is 0 Å². The molecule has 0 unspecified atom stereocenters. The number of carbonyl (C=O) groups excluding carboxylic acids is 2. The average molecular weight is 274 g/mol. The summed E-state index contributed by atoms with van der Waals surface area (Å²) in [5, 5.41) is 2.83. The molecule has 1 aromatic rings. The number of carbonyl (C=O) groups is 2. The maximum Gasteiger partial charge on any atom is 0.313 e. The highest BCUT2D eigenvalue weighted by Gasteiger charge is 2.25. The van der Waals surface area contributed by atoms with Gasteiger partial charge in [-0.3, -0.25) is 9.59 Å². The number of nitrogens with one attached hydrogen (secondary N) is 1. The zero-order valence-electron chi connectivity index (χ0n) is 12.2. The molecule has 4 heteroatoms. The lowest BCUT2D eigenvalue weighted by Gasteiger charge is -2.17. The number of para-hydroxylation sites is 1. The predicted molar refractivity (Wildman–Crippen MR) is 79.6 cm³/mol. The Morgan fingerprint density at radius 3 is 2.15 bits per heavy atom. The van der Waals surface area contributed by atoms with Crippen molar-refractivity contribution in [1.29, 1.82) is 0 Å². The monoisotopic (exact) mass is 274 g/mol. The van der Waals surface area contributed by atoms with Crippen LogP contribution in [0.3, 0.4) is 0 Å². The van der Waals surface area contributed by atoms with Gasteiger partial charge in [-0.05, 0) is 36.8 Å². The molecule has 0 saturated carbocycles. The van der Waals surface area contributed by atoms with Crippen LogP contribution in [0.15, 0.2) is 18.2 Å². The van der Waals surface area contributed by atoms with Crippen molar-refractivity contribution in [2.75, 3.05) is 18.4 Å². The maximum absolute atomic E-state index is 12.1. The molecule has 0 bridgehead atoms. The third-order valence-electron chi connectivity index (χ3n) is 3.82. The molecule has 2 rings (SSSR count). The standard InChI is InChI=1S/C16H22N2O2/c1-3-12-8-7-9-13(4-2)14(12)17-15(19)16(20)18-10-5-6-11-18/h7-9H,3-6,10-11H2,1-2H3,(H,17,19). The van der Waals surface area contributed by atoms with Crippen molar-refractivity contribution in [3.05, 3.63) is 29.3 Å². The molecule has 20 heavy (non-hydrogen) atoms. The molecule has 0 aliphatic carbocycles. The van der Waals surface area contributed by atoms with E-state index in [-0.39, 0.29) is 0 Å². The highest BCUT2D eigenvalue weighted by atomic mass is 16.2. The van der Waals surface area contributed by atoms with E-state index in [4.69, 9.17) is 0 Å². The van der Waals surface area contributed by atoms with E-state index in [0.717, 1.165) is 42.5 Å². The van der Waals surface area contributed by atoms with E-state index in [1.165, 1.54) is 0 Å². The summed E-state index contributed by atoms with van der Waals surface area (Å²) in [6.45, 7) is 5.49. The minimum atomic E-state index is -0.512. The predicted octanol–water partition coefficient (Wildman–Crippen LogP) is 2.37. The molecular weight excluding hydrogens is 252 g/mol. The van der Waals surface area contributed by atoms with Gasteiger partial charge in [0.25, 0.3) is 0 Å². The average Bonchev–Trinajstić information content (AvgIpc) is 3.00. The van der Waals surface area contributed by atoms with Crippen molar-refractivity contribution in [3.63, 3.8) is 0 Å². The fourth-order valence-corrected chi connectivity index (χ4v) is 2.63. The highest BCUT2D eigenvalue weighted by Crippen LogP contribution is 2.22. The number of amides is 2. The van der Waals surface area contributed by atoms with Crippen molar-refractivity contribution in [3.8, 4) is 0 Å². The molecule has 0 spiro atoms. The lowest BCUT2D eigenvalue weighted by molar-refractivity contribution is -0.142. The van der Waals surface area contributed by atoms with E-state index in [1.807, 2.05) is 32.0 Å². The molecule has 0 aromatic heterocycles. The van der Waals surface area contributed by atoms with Gasteiger partial charge in [-0.25, -0.2) is 0 Å². The SMILES string of the molecule is CCc1cccc(CC)c1NC(=O)C(=O)N1CCCC1. The molecule has 1 heterocycles. The van der Waals surface area contributed by atoms with Gasteiger partial charge in [-0.2, -0.15) is 0 Å². The third kappa shape index (κ3) is 3.00. The fraction of sp³-hybridized carbons (Fsp3) is 0.500. The Morgan fingerprint density at radius 1 is 1.10 bits per heavy atom. The summed E-state index contributed by atoms with van der Waals surface area (Å²) in [6, 6.07) is 5.99. The molecule has 1 N–H and O–H groups in total. The minimum Gasteiger partial charge on any atom is -0.334 e. The van der Waals surface area contributed by atoms with Crippen LogP contribution in [0, 0.1) is 0 Å². The topological polar surface area (TPSA) is 49.4 Å². The Morgan fingerprint density at radius 2 is 1.65 bits per heavy atom. The van der Waals surface area contributed by atoms with E-state index >= 15 is 0 Å². The summed E-state index contributed by atoms with van der Waals surface area (Å²) in [5.41, 5.74) is 2.97. The first-order chi connectivity index (χ1) is 9.67. The molecule has 0 atom stereocenters. The van der Waals surface area contributed by atoms with E-state index < -0.39 is 11.8 Å². The van der Waals surface area contributed by atoms with Crippen molar-refractivity contribution in [2.24, 2.45) is 0 Å². The first kappa shape index (κ1) is 14.6. The van der Waals surface area contributed by atoms with Gasteiger partial charge >= 0.3 is 11.8 Å². The first-order valence-electron chi connectivity index (χ1n) is 7.38. The zero-order valence-corrected chi connectivity index (χ0v) is 12.2. The van der Waals surface area contributed by atoms with Crippen LogP contribution in [0.5, 0.6) is 0 Å². The van der Waals surface area contributed by atoms with Crippen molar-refractivity contribution < 1.29 is 9.59 Å². The molecule has 4 nitrogen and oxygen atoms in total. The van der Waals surface area contributed by atoms with Crippen molar-refractivity contribution in [1.82, 2.24) is 4.90 Å². The number of hydrogen-bond acceptors (Lipinski definition) is 2. The zero-order chi connectivity index (χ0) is 14.5. The smallest absolute Gasteiger partial charge is 0.313 e. The second kappa shape index (κ2) is 6.55. The quantitative estimate of drug-likeness (QED) is 0.860. The number of nitrogens with zero attached hydrogens (tertiary/aromatic N) is 1. The summed E-state index contributed by atoms with van der Waals surface area (Å²) >= 11 is 0. The minimum absolute atomic E-state index is 0.407. The number of anilines is 1. The van der Waals surface area contributed by atoms with Gasteiger partial charge in [-0.15, -0.1) is 0 Å². The Balaban J connectivity index is 2.16. The number of aryl methyl sites for hydroxylation is 2. The van der Waals surface area contributed by atoms with Crippen LogP contribution in [0.1, 0.15) is 37.8 Å². The Bertz CT molecular complexity index is 483. The van der Waals surface area contributed by atoms with Crippen LogP contribution in [0.4, 0.5) is 5.69 Å². The van der Waals surface area contributed by atoms with Gasteiger partial charge in [0.2, 0.25) is 0 Å². The Labute approximate surface area is 120 Å². The highest BCUT2D eigenvalue weighted by molar-refractivity contribution is 6.39. The van der Waals surface area contributed by atoms with E-state index in [0.29, 0.717) is 13.1 Å². The van der Waals surface area contributed by atoms with E-state index in [9.17, 15) is 9.59 Å². The Kier molecular flexibility index (Phi) is 4.77. The second-order valence-corrected chi connectivity index (χ2v) is 5.11. The number of likely N-dealkylation sites (tertiary alicyclic amines) is 1. The fourth-order valence-electron chi connectivity index (χ4n) is 2.63. The maximum atomic E-state index is 12.1. The van der Waals surface area contributed by atoms with Gasteiger partial charge < -0.3 is 10.2 Å². The number of rotatable bonds is 3. The van der Waals surface area contributed by atoms with E-state index in [2.05, 4.69) is 5.32 Å². The number of benzene rings is 1. The lowest BCUT2D eigenvalue weighted by Crippen LogP contribution is -2.38. The van der Waals surface area contributed by atoms with Gasteiger partial charge in [0.1, 0.15) is 0 Å². The third-order valence-corrected chi connectivity index (χ3v) is 3.82. The summed E-state index contributed by atoms with van der Waals surface area (Å²) in [5.74, 6) is -0.919. The largest absolute Gasteiger partial charge is 0.334 e. The first-order valence-corrected chi connectivity index (χ1v) is 7.38. The molecule has 1 fully saturated rings. The van der Waals surface area contributed by atoms with Gasteiger partial charge in [0.15, 0.2) is 0 Å². The molecular formula is C16H22N2O2. The molecule has 1 aliphatic rings. The molecule has 1 aromatic carbocycles. The summed E-state index contributed by atoms with van der Waals surface area (Å²) in [7, 11) is 0. The molecule has 108 valence electrons. The molecule has 1 saturated heterocycles. The number of hydrogen-bond donors (Lipinski definition) is 1. The molecule has 0 radical (unpaired) electrons. The normalized spacial score (nSPS) is 14.4. The summed E-state index contributed by atoms with van der Waals surface area (Å²) < 4.78 is 0. The lowest BCUT2D eigenvalue weighted by atomic mass is 10.0. The van der Waals surface area contributed by atoms with Crippen LogP contribution >= 0.6 is 0 Å². The van der Waals surface area contributed by atoms with Crippen LogP contribution in [0.25, 0.3) is 0 Å². The van der Waals surface area contributed by atoms with Crippen LogP contribution in [-0.4, -0.2) is 29.8 Å². The second-order valence-electron chi connectivity index (χ2n) is 5.11. The van der Waals surface area contributed by atoms with Crippen molar-refractivity contribution in [2.45, 2.75) is 39.5 Å². The van der Waals surface area contributed by atoms with Gasteiger partial charge in [-0.1, -0.05) is 32.0 Å². The molecule has 2 amide bonds. The summed E-state index contributed by atoms with van der Waals surface area (Å²) in [4.78, 5) is 25.8.